The van der Waals surface area contributed by atoms with Crippen molar-refractivity contribution >= 4 is 5.69 Å². The van der Waals surface area contributed by atoms with E-state index in [2.05, 4.69) is 5.32 Å². The van der Waals surface area contributed by atoms with Crippen molar-refractivity contribution in [2.75, 3.05) is 6.54 Å². The van der Waals surface area contributed by atoms with Crippen molar-refractivity contribution in [1.82, 2.24) is 5.32 Å². The van der Waals surface area contributed by atoms with Crippen molar-refractivity contribution in [3.8, 4) is 0 Å². The molecular formula is C13H18N2O3. The SMILES string of the molecule is Cc1ccc(CNCC(O)C2CC2)cc1[N+](=O)[O-]. The Morgan fingerprint density at radius 1 is 1.56 bits per heavy atom. The molecule has 1 aromatic rings. The summed E-state index contributed by atoms with van der Waals surface area (Å²) < 4.78 is 0. The van der Waals surface area contributed by atoms with Gasteiger partial charge in [0.15, 0.2) is 0 Å². The molecule has 0 saturated heterocycles. The summed E-state index contributed by atoms with van der Waals surface area (Å²) in [5, 5.41) is 23.6. The molecule has 0 bridgehead atoms. The minimum atomic E-state index is -0.363. The lowest BCUT2D eigenvalue weighted by Crippen LogP contribution is -2.27. The number of rotatable bonds is 6. The first-order valence-corrected chi connectivity index (χ1v) is 6.20. The summed E-state index contributed by atoms with van der Waals surface area (Å²) in [6.07, 6.45) is 1.93. The maximum absolute atomic E-state index is 10.8. The molecule has 2 N–H and O–H groups in total. The topological polar surface area (TPSA) is 75.4 Å². The zero-order chi connectivity index (χ0) is 13.1. The van der Waals surface area contributed by atoms with Crippen molar-refractivity contribution in [1.29, 1.82) is 0 Å². The number of benzene rings is 1. The summed E-state index contributed by atoms with van der Waals surface area (Å²) >= 11 is 0. The molecule has 1 aliphatic carbocycles. The molecule has 0 amide bonds. The molecule has 1 aromatic carbocycles. The van der Waals surface area contributed by atoms with Gasteiger partial charge in [-0.05, 0) is 31.2 Å². The molecule has 5 heteroatoms. The summed E-state index contributed by atoms with van der Waals surface area (Å²) in [4.78, 5) is 10.4. The molecule has 1 aliphatic rings. The van der Waals surface area contributed by atoms with Crippen LogP contribution in [0.1, 0.15) is 24.0 Å². The van der Waals surface area contributed by atoms with Gasteiger partial charge in [-0.15, -0.1) is 0 Å². The van der Waals surface area contributed by atoms with Crippen molar-refractivity contribution in [2.24, 2.45) is 5.92 Å². The van der Waals surface area contributed by atoms with Crippen molar-refractivity contribution < 1.29 is 10.0 Å². The molecular weight excluding hydrogens is 232 g/mol. The Balaban J connectivity index is 1.88. The Morgan fingerprint density at radius 3 is 2.89 bits per heavy atom. The molecule has 5 nitrogen and oxygen atoms in total. The molecule has 1 saturated carbocycles. The smallest absolute Gasteiger partial charge is 0.272 e. The number of nitro groups is 1. The lowest BCUT2D eigenvalue weighted by atomic mass is 10.1. The van der Waals surface area contributed by atoms with Gasteiger partial charge in [0.25, 0.3) is 5.69 Å². The first-order chi connectivity index (χ1) is 8.58. The van der Waals surface area contributed by atoms with Gasteiger partial charge in [0.2, 0.25) is 0 Å². The number of aliphatic hydroxyl groups excluding tert-OH is 1. The van der Waals surface area contributed by atoms with Crippen molar-refractivity contribution in [3.05, 3.63) is 39.4 Å². The quantitative estimate of drug-likeness (QED) is 0.596. The first-order valence-electron chi connectivity index (χ1n) is 6.20. The van der Waals surface area contributed by atoms with Crippen LogP contribution >= 0.6 is 0 Å². The second-order valence-corrected chi connectivity index (χ2v) is 4.91. The predicted octanol–water partition coefficient (Wildman–Crippen LogP) is 1.76. The van der Waals surface area contributed by atoms with E-state index >= 15 is 0 Å². The molecule has 0 radical (unpaired) electrons. The number of hydrogen-bond acceptors (Lipinski definition) is 4. The van der Waals surface area contributed by atoms with E-state index in [4.69, 9.17) is 0 Å². The lowest BCUT2D eigenvalue weighted by molar-refractivity contribution is -0.385. The number of nitrogens with one attached hydrogen (secondary N) is 1. The van der Waals surface area contributed by atoms with Crippen LogP contribution < -0.4 is 5.32 Å². The third-order valence-electron chi connectivity index (χ3n) is 3.32. The molecule has 1 atom stereocenters. The van der Waals surface area contributed by atoms with E-state index in [1.54, 1.807) is 19.1 Å². The fourth-order valence-electron chi connectivity index (χ4n) is 1.97. The number of hydrogen-bond donors (Lipinski definition) is 2. The van der Waals surface area contributed by atoms with Gasteiger partial charge in [-0.1, -0.05) is 12.1 Å². The second-order valence-electron chi connectivity index (χ2n) is 4.91. The number of nitrogens with zero attached hydrogens (tertiary/aromatic N) is 1. The van der Waals surface area contributed by atoms with Crippen molar-refractivity contribution in [2.45, 2.75) is 32.4 Å². The van der Waals surface area contributed by atoms with Crippen molar-refractivity contribution in [3.63, 3.8) is 0 Å². The van der Waals surface area contributed by atoms with E-state index in [0.29, 0.717) is 24.6 Å². The lowest BCUT2D eigenvalue weighted by Gasteiger charge is -2.10. The summed E-state index contributed by atoms with van der Waals surface area (Å²) in [5.74, 6) is 0.449. The zero-order valence-corrected chi connectivity index (χ0v) is 10.4. The monoisotopic (exact) mass is 250 g/mol. The van der Waals surface area contributed by atoms with Gasteiger partial charge in [0, 0.05) is 24.7 Å². The van der Waals surface area contributed by atoms with Gasteiger partial charge in [0.1, 0.15) is 0 Å². The molecule has 1 unspecified atom stereocenters. The molecule has 0 heterocycles. The zero-order valence-electron chi connectivity index (χ0n) is 10.4. The van der Waals surface area contributed by atoms with Crippen LogP contribution in [0.5, 0.6) is 0 Å². The normalized spacial score (nSPS) is 16.6. The maximum Gasteiger partial charge on any atom is 0.272 e. The van der Waals surface area contributed by atoms with E-state index in [9.17, 15) is 15.2 Å². The standard InChI is InChI=1S/C13H18N2O3/c1-9-2-3-10(6-12(9)15(17)18)7-14-8-13(16)11-4-5-11/h2-3,6,11,13-14,16H,4-5,7-8H2,1H3. The van der Waals surface area contributed by atoms with Crippen LogP contribution in [0.2, 0.25) is 0 Å². The van der Waals surface area contributed by atoms with Crippen LogP contribution in [-0.4, -0.2) is 22.7 Å². The van der Waals surface area contributed by atoms with Gasteiger partial charge in [-0.3, -0.25) is 10.1 Å². The molecule has 2 rings (SSSR count). The van der Waals surface area contributed by atoms with Gasteiger partial charge < -0.3 is 10.4 Å². The van der Waals surface area contributed by atoms with E-state index < -0.39 is 0 Å². The minimum absolute atomic E-state index is 0.150. The molecule has 0 aliphatic heterocycles. The highest BCUT2D eigenvalue weighted by molar-refractivity contribution is 5.42. The van der Waals surface area contributed by atoms with Crippen LogP contribution in [0.15, 0.2) is 18.2 Å². The Labute approximate surface area is 106 Å². The van der Waals surface area contributed by atoms with E-state index in [0.717, 1.165) is 18.4 Å². The first kappa shape index (κ1) is 13.0. The Bertz CT molecular complexity index is 444. The van der Waals surface area contributed by atoms with Gasteiger partial charge in [-0.2, -0.15) is 0 Å². The number of aliphatic hydroxyl groups is 1. The number of aryl methyl sites for hydroxylation is 1. The average molecular weight is 250 g/mol. The summed E-state index contributed by atoms with van der Waals surface area (Å²) in [6.45, 7) is 2.82. The summed E-state index contributed by atoms with van der Waals surface area (Å²) in [5.41, 5.74) is 1.69. The summed E-state index contributed by atoms with van der Waals surface area (Å²) in [6, 6.07) is 5.22. The van der Waals surface area contributed by atoms with Gasteiger partial charge in [0.05, 0.1) is 11.0 Å². The largest absolute Gasteiger partial charge is 0.392 e. The van der Waals surface area contributed by atoms with Crippen LogP contribution in [0.4, 0.5) is 5.69 Å². The summed E-state index contributed by atoms with van der Waals surface area (Å²) in [7, 11) is 0. The second kappa shape index (κ2) is 5.46. The van der Waals surface area contributed by atoms with Crippen LogP contribution in [0.25, 0.3) is 0 Å². The molecule has 1 fully saturated rings. The third kappa shape index (κ3) is 3.27. The fourth-order valence-corrected chi connectivity index (χ4v) is 1.97. The molecule has 98 valence electrons. The van der Waals surface area contributed by atoms with E-state index in [1.165, 1.54) is 0 Å². The van der Waals surface area contributed by atoms with Crippen LogP contribution in [0, 0.1) is 23.0 Å². The predicted molar refractivity (Wildman–Crippen MR) is 68.3 cm³/mol. The molecule has 18 heavy (non-hydrogen) atoms. The molecule has 0 aromatic heterocycles. The van der Waals surface area contributed by atoms with Gasteiger partial charge in [-0.25, -0.2) is 0 Å². The van der Waals surface area contributed by atoms with Crippen LogP contribution in [-0.2, 0) is 6.54 Å². The Kier molecular flexibility index (Phi) is 3.93. The third-order valence-corrected chi connectivity index (χ3v) is 3.32. The number of nitro benzene ring substituents is 1. The minimum Gasteiger partial charge on any atom is -0.392 e. The average Bonchev–Trinajstić information content (AvgIpc) is 3.14. The Morgan fingerprint density at radius 2 is 2.28 bits per heavy atom. The van der Waals surface area contributed by atoms with E-state index in [-0.39, 0.29) is 16.7 Å². The van der Waals surface area contributed by atoms with Crippen LogP contribution in [0.3, 0.4) is 0 Å². The molecule has 0 spiro atoms. The highest BCUT2D eigenvalue weighted by Gasteiger charge is 2.29. The Hall–Kier alpha value is -1.46. The fraction of sp³-hybridized carbons (Fsp3) is 0.538. The highest BCUT2D eigenvalue weighted by atomic mass is 16.6. The van der Waals surface area contributed by atoms with Gasteiger partial charge >= 0.3 is 0 Å². The highest BCUT2D eigenvalue weighted by Crippen LogP contribution is 2.32. The maximum atomic E-state index is 10.8. The van der Waals surface area contributed by atoms with E-state index in [1.807, 2.05) is 6.07 Å².